The molecule has 3 rings (SSSR count). The highest BCUT2D eigenvalue weighted by molar-refractivity contribution is 7.94. The number of fused-ring (bicyclic) bond motifs is 1. The fourth-order valence-corrected chi connectivity index (χ4v) is 4.20. The Balaban J connectivity index is 2.00. The van der Waals surface area contributed by atoms with Crippen LogP contribution in [-0.2, 0) is 10.0 Å². The molecule has 0 amide bonds. The summed E-state index contributed by atoms with van der Waals surface area (Å²) in [6.07, 6.45) is 1.65. The van der Waals surface area contributed by atoms with Crippen molar-refractivity contribution in [1.29, 1.82) is 0 Å². The van der Waals surface area contributed by atoms with Crippen molar-refractivity contribution in [3.8, 4) is 0 Å². The molecule has 0 bridgehead atoms. The zero-order valence-electron chi connectivity index (χ0n) is 10.3. The first kappa shape index (κ1) is 12.9. The molecule has 0 spiro atoms. The topological polar surface area (TPSA) is 108 Å². The largest absolute Gasteiger partial charge is 0.315 e. The Labute approximate surface area is 117 Å². The third kappa shape index (κ3) is 2.21. The Hall–Kier alpha value is -2.13. The second-order valence-corrected chi connectivity index (χ2v) is 7.07. The molecule has 3 aromatic rings. The molecule has 0 aliphatic rings. The molecular weight excluding hydrogens is 300 g/mol. The van der Waals surface area contributed by atoms with Gasteiger partial charge in [0, 0.05) is 11.1 Å². The van der Waals surface area contributed by atoms with E-state index >= 15 is 0 Å². The van der Waals surface area contributed by atoms with E-state index in [0.717, 1.165) is 10.9 Å². The van der Waals surface area contributed by atoms with E-state index in [4.69, 9.17) is 0 Å². The van der Waals surface area contributed by atoms with Crippen molar-refractivity contribution in [3.63, 3.8) is 0 Å². The van der Waals surface area contributed by atoms with Crippen LogP contribution in [0.5, 0.6) is 0 Å². The van der Waals surface area contributed by atoms with Crippen molar-refractivity contribution >= 4 is 38.0 Å². The number of benzene rings is 1. The van der Waals surface area contributed by atoms with Gasteiger partial charge in [0.05, 0.1) is 17.4 Å². The molecule has 0 saturated heterocycles. The van der Waals surface area contributed by atoms with E-state index in [0.29, 0.717) is 22.7 Å². The van der Waals surface area contributed by atoms with Crippen LogP contribution in [0.4, 0.5) is 5.69 Å². The van der Waals surface area contributed by atoms with Crippen LogP contribution in [0.2, 0.25) is 0 Å². The molecule has 2 heterocycles. The van der Waals surface area contributed by atoms with Crippen molar-refractivity contribution in [2.75, 3.05) is 4.72 Å². The monoisotopic (exact) mass is 310 g/mol. The molecule has 2 aromatic heterocycles. The van der Waals surface area contributed by atoms with Crippen LogP contribution in [0.1, 0.15) is 5.69 Å². The highest BCUT2D eigenvalue weighted by atomic mass is 32.2. The van der Waals surface area contributed by atoms with E-state index in [1.165, 1.54) is 0 Å². The summed E-state index contributed by atoms with van der Waals surface area (Å²) >= 11 is 0.664. The summed E-state index contributed by atoms with van der Waals surface area (Å²) in [6, 6.07) is 5.04. The van der Waals surface area contributed by atoms with Crippen LogP contribution >= 0.6 is 11.3 Å². The quantitative estimate of drug-likeness (QED) is 0.680. The number of nitrogens with zero attached hydrogens (tertiary/aromatic N) is 1. The smallest absolute Gasteiger partial charge is 0.306 e. The Morgan fingerprint density at radius 2 is 2.15 bits per heavy atom. The third-order valence-corrected chi connectivity index (χ3v) is 5.71. The fourth-order valence-electron chi connectivity index (χ4n) is 1.85. The number of aryl methyl sites for hydroxylation is 1. The molecule has 0 atom stereocenters. The Morgan fingerprint density at radius 3 is 2.85 bits per heavy atom. The van der Waals surface area contributed by atoms with E-state index in [2.05, 4.69) is 19.9 Å². The van der Waals surface area contributed by atoms with Gasteiger partial charge in [-0.15, -0.1) is 0 Å². The number of hydrogen-bond donors (Lipinski definition) is 3. The van der Waals surface area contributed by atoms with E-state index in [-0.39, 0.29) is 4.21 Å². The summed E-state index contributed by atoms with van der Waals surface area (Å²) in [4.78, 5) is 13.3. The van der Waals surface area contributed by atoms with Crippen molar-refractivity contribution in [3.05, 3.63) is 39.8 Å². The fraction of sp³-hybridized carbons (Fsp3) is 0.0909. The first-order valence-corrected chi connectivity index (χ1v) is 7.91. The summed E-state index contributed by atoms with van der Waals surface area (Å²) in [5.74, 6) is 0. The molecule has 104 valence electrons. The summed E-state index contributed by atoms with van der Waals surface area (Å²) < 4.78 is 26.9. The average Bonchev–Trinajstić information content (AvgIpc) is 2.94. The standard InChI is InChI=1S/C11H10N4O3S2/c1-6-10(19-11(16)13-6)20(17,18)15-8-3-2-7-5-12-14-9(7)4-8/h2-5,15H,1H3,(H,12,14)(H,13,16). The third-order valence-electron chi connectivity index (χ3n) is 2.72. The van der Waals surface area contributed by atoms with Gasteiger partial charge in [-0.2, -0.15) is 5.10 Å². The molecule has 0 radical (unpaired) electrons. The predicted octanol–water partition coefficient (Wildman–Crippen LogP) is 1.42. The van der Waals surface area contributed by atoms with Gasteiger partial charge in [0.1, 0.15) is 0 Å². The van der Waals surface area contributed by atoms with E-state index in [9.17, 15) is 13.2 Å². The van der Waals surface area contributed by atoms with Gasteiger partial charge in [-0.3, -0.25) is 14.6 Å². The molecule has 9 heteroatoms. The molecule has 7 nitrogen and oxygen atoms in total. The minimum atomic E-state index is -3.77. The second-order valence-electron chi connectivity index (χ2n) is 4.20. The van der Waals surface area contributed by atoms with Crippen LogP contribution in [0.15, 0.2) is 33.4 Å². The lowest BCUT2D eigenvalue weighted by Gasteiger charge is -2.06. The lowest BCUT2D eigenvalue weighted by Crippen LogP contribution is -2.12. The van der Waals surface area contributed by atoms with Crippen LogP contribution in [0.3, 0.4) is 0 Å². The van der Waals surface area contributed by atoms with Crippen LogP contribution in [-0.4, -0.2) is 23.6 Å². The SMILES string of the molecule is Cc1[nH]c(=O)sc1S(=O)(=O)Nc1ccc2cn[nH]c2c1. The van der Waals surface area contributed by atoms with Gasteiger partial charge >= 0.3 is 4.87 Å². The zero-order valence-corrected chi connectivity index (χ0v) is 11.9. The number of thiazole rings is 1. The van der Waals surface area contributed by atoms with Crippen molar-refractivity contribution in [2.24, 2.45) is 0 Å². The number of rotatable bonds is 3. The number of nitrogens with one attached hydrogen (secondary N) is 3. The lowest BCUT2D eigenvalue weighted by molar-refractivity contribution is 0.602. The minimum absolute atomic E-state index is 0.00722. The Morgan fingerprint density at radius 1 is 1.35 bits per heavy atom. The van der Waals surface area contributed by atoms with E-state index in [1.807, 2.05) is 0 Å². The molecular formula is C11H10N4O3S2. The van der Waals surface area contributed by atoms with Crippen LogP contribution < -0.4 is 9.60 Å². The van der Waals surface area contributed by atoms with E-state index < -0.39 is 14.9 Å². The number of aromatic amines is 2. The highest BCUT2D eigenvalue weighted by Crippen LogP contribution is 2.22. The minimum Gasteiger partial charge on any atom is -0.315 e. The summed E-state index contributed by atoms with van der Waals surface area (Å²) in [5.41, 5.74) is 1.46. The Bertz CT molecular complexity index is 936. The van der Waals surface area contributed by atoms with Gasteiger partial charge in [-0.25, -0.2) is 8.42 Å². The molecule has 1 aromatic carbocycles. The summed E-state index contributed by atoms with van der Waals surface area (Å²) in [7, 11) is -3.77. The van der Waals surface area contributed by atoms with Crippen molar-refractivity contribution in [2.45, 2.75) is 11.1 Å². The average molecular weight is 310 g/mol. The first-order chi connectivity index (χ1) is 9.45. The number of H-pyrrole nitrogens is 2. The number of aromatic nitrogens is 3. The molecule has 0 unspecified atom stereocenters. The van der Waals surface area contributed by atoms with Gasteiger partial charge in [-0.05, 0) is 25.1 Å². The summed E-state index contributed by atoms with van der Waals surface area (Å²) in [6.45, 7) is 1.55. The van der Waals surface area contributed by atoms with Crippen molar-refractivity contribution < 1.29 is 8.42 Å². The molecule has 0 saturated carbocycles. The van der Waals surface area contributed by atoms with Crippen LogP contribution in [0.25, 0.3) is 10.9 Å². The molecule has 0 fully saturated rings. The van der Waals surface area contributed by atoms with Gasteiger partial charge < -0.3 is 4.98 Å². The second kappa shape index (κ2) is 4.46. The molecule has 0 aliphatic heterocycles. The maximum atomic E-state index is 12.2. The maximum absolute atomic E-state index is 12.2. The number of anilines is 1. The normalized spacial score (nSPS) is 11.8. The van der Waals surface area contributed by atoms with Gasteiger partial charge in [-0.1, -0.05) is 11.3 Å². The van der Waals surface area contributed by atoms with Gasteiger partial charge in [0.2, 0.25) is 0 Å². The van der Waals surface area contributed by atoms with Crippen LogP contribution in [0, 0.1) is 6.92 Å². The summed E-state index contributed by atoms with van der Waals surface area (Å²) in [5, 5.41) is 7.52. The molecule has 0 aliphatic carbocycles. The first-order valence-electron chi connectivity index (χ1n) is 5.61. The van der Waals surface area contributed by atoms with Crippen molar-refractivity contribution in [1.82, 2.24) is 15.2 Å². The van der Waals surface area contributed by atoms with Gasteiger partial charge in [0.15, 0.2) is 4.21 Å². The lowest BCUT2D eigenvalue weighted by atomic mass is 10.2. The highest BCUT2D eigenvalue weighted by Gasteiger charge is 2.20. The van der Waals surface area contributed by atoms with Gasteiger partial charge in [0.25, 0.3) is 10.0 Å². The number of hydrogen-bond acceptors (Lipinski definition) is 5. The Kier molecular flexibility index (Phi) is 2.87. The number of sulfonamides is 1. The zero-order chi connectivity index (χ0) is 14.3. The molecule has 3 N–H and O–H groups in total. The molecule has 20 heavy (non-hydrogen) atoms. The predicted molar refractivity (Wildman–Crippen MR) is 76.6 cm³/mol. The van der Waals surface area contributed by atoms with E-state index in [1.54, 1.807) is 31.3 Å². The maximum Gasteiger partial charge on any atom is 0.306 e.